The number of aliphatic carboxylic acids is 1. The Hall–Kier alpha value is -2.21. The van der Waals surface area contributed by atoms with Crippen molar-refractivity contribution in [3.05, 3.63) is 51.5 Å². The topological polar surface area (TPSA) is 79.3 Å². The van der Waals surface area contributed by atoms with Crippen LogP contribution in [0.5, 0.6) is 0 Å². The average Bonchev–Trinajstić information content (AvgIpc) is 2.92. The fourth-order valence-electron chi connectivity index (χ4n) is 2.40. The SMILES string of the molecule is CCCCC(NC(=O)c1sc(Cc2ccccc2)nc1C)C(=O)O. The number of carboxylic acids is 1. The van der Waals surface area contributed by atoms with Gasteiger partial charge in [-0.25, -0.2) is 9.78 Å². The van der Waals surface area contributed by atoms with Gasteiger partial charge in [0.2, 0.25) is 0 Å². The van der Waals surface area contributed by atoms with E-state index >= 15 is 0 Å². The van der Waals surface area contributed by atoms with Gasteiger partial charge in [0, 0.05) is 6.42 Å². The van der Waals surface area contributed by atoms with Crippen LogP contribution >= 0.6 is 11.3 Å². The van der Waals surface area contributed by atoms with Gasteiger partial charge in [-0.1, -0.05) is 50.1 Å². The van der Waals surface area contributed by atoms with E-state index in [1.807, 2.05) is 37.3 Å². The van der Waals surface area contributed by atoms with Crippen molar-refractivity contribution in [1.82, 2.24) is 10.3 Å². The lowest BCUT2D eigenvalue weighted by Crippen LogP contribution is -2.40. The summed E-state index contributed by atoms with van der Waals surface area (Å²) < 4.78 is 0. The molecular formula is C18H22N2O3S. The lowest BCUT2D eigenvalue weighted by Gasteiger charge is -2.13. The highest BCUT2D eigenvalue weighted by Gasteiger charge is 2.23. The third-order valence-electron chi connectivity index (χ3n) is 3.70. The quantitative estimate of drug-likeness (QED) is 0.767. The first-order valence-electron chi connectivity index (χ1n) is 8.05. The maximum absolute atomic E-state index is 12.4. The largest absolute Gasteiger partial charge is 0.480 e. The molecule has 0 saturated carbocycles. The molecule has 2 aromatic rings. The van der Waals surface area contributed by atoms with Crippen LogP contribution in [-0.2, 0) is 11.2 Å². The number of nitrogens with one attached hydrogen (secondary N) is 1. The van der Waals surface area contributed by atoms with Gasteiger partial charge in [-0.05, 0) is 18.9 Å². The van der Waals surface area contributed by atoms with E-state index in [1.165, 1.54) is 11.3 Å². The molecule has 128 valence electrons. The van der Waals surface area contributed by atoms with Crippen LogP contribution in [0, 0.1) is 6.92 Å². The number of nitrogens with zero attached hydrogens (tertiary/aromatic N) is 1. The molecular weight excluding hydrogens is 324 g/mol. The Morgan fingerprint density at radius 1 is 1.29 bits per heavy atom. The fraction of sp³-hybridized carbons (Fsp3) is 0.389. The Labute approximate surface area is 145 Å². The van der Waals surface area contributed by atoms with Gasteiger partial charge in [-0.3, -0.25) is 4.79 Å². The maximum Gasteiger partial charge on any atom is 0.326 e. The number of hydrogen-bond acceptors (Lipinski definition) is 4. The van der Waals surface area contributed by atoms with Crippen molar-refractivity contribution in [2.24, 2.45) is 0 Å². The van der Waals surface area contributed by atoms with Gasteiger partial charge in [0.25, 0.3) is 5.91 Å². The highest BCUT2D eigenvalue weighted by Crippen LogP contribution is 2.21. The van der Waals surface area contributed by atoms with E-state index in [0.717, 1.165) is 23.4 Å². The van der Waals surface area contributed by atoms with Gasteiger partial charge >= 0.3 is 5.97 Å². The molecule has 24 heavy (non-hydrogen) atoms. The fourth-order valence-corrected chi connectivity index (χ4v) is 3.40. The lowest BCUT2D eigenvalue weighted by atomic mass is 10.1. The zero-order valence-electron chi connectivity index (χ0n) is 13.9. The number of carboxylic acid groups (broad SMARTS) is 1. The van der Waals surface area contributed by atoms with Gasteiger partial charge < -0.3 is 10.4 Å². The Kier molecular flexibility index (Phi) is 6.49. The monoisotopic (exact) mass is 346 g/mol. The van der Waals surface area contributed by atoms with E-state index in [-0.39, 0.29) is 5.91 Å². The summed E-state index contributed by atoms with van der Waals surface area (Å²) in [4.78, 5) is 28.6. The van der Waals surface area contributed by atoms with E-state index in [9.17, 15) is 14.7 Å². The molecule has 1 aromatic heterocycles. The molecule has 0 fully saturated rings. The van der Waals surface area contributed by atoms with Crippen LogP contribution in [0.3, 0.4) is 0 Å². The molecule has 0 radical (unpaired) electrons. The van der Waals surface area contributed by atoms with Crippen LogP contribution in [0.25, 0.3) is 0 Å². The zero-order valence-corrected chi connectivity index (χ0v) is 14.7. The van der Waals surface area contributed by atoms with E-state index < -0.39 is 12.0 Å². The number of benzene rings is 1. The summed E-state index contributed by atoms with van der Waals surface area (Å²) in [5, 5.41) is 12.7. The molecule has 2 N–H and O–H groups in total. The minimum absolute atomic E-state index is 0.354. The van der Waals surface area contributed by atoms with Gasteiger partial charge in [0.15, 0.2) is 0 Å². The summed E-state index contributed by atoms with van der Waals surface area (Å²) in [7, 11) is 0. The second-order valence-electron chi connectivity index (χ2n) is 5.69. The number of aryl methyl sites for hydroxylation is 1. The zero-order chi connectivity index (χ0) is 17.5. The number of thiazole rings is 1. The Bertz CT molecular complexity index is 698. The summed E-state index contributed by atoms with van der Waals surface area (Å²) in [6.07, 6.45) is 2.75. The van der Waals surface area contributed by atoms with E-state index in [4.69, 9.17) is 0 Å². The van der Waals surface area contributed by atoms with Crippen LogP contribution < -0.4 is 5.32 Å². The predicted octanol–water partition coefficient (Wildman–Crippen LogP) is 3.42. The molecule has 1 aromatic carbocycles. The van der Waals surface area contributed by atoms with Crippen LogP contribution in [0.1, 0.15) is 52.1 Å². The van der Waals surface area contributed by atoms with Crippen LogP contribution in [0.2, 0.25) is 0 Å². The van der Waals surface area contributed by atoms with Gasteiger partial charge in [0.05, 0.1) is 10.7 Å². The van der Waals surface area contributed by atoms with Crippen LogP contribution in [0.4, 0.5) is 0 Å². The van der Waals surface area contributed by atoms with Crippen molar-refractivity contribution in [2.45, 2.75) is 45.6 Å². The van der Waals surface area contributed by atoms with Gasteiger partial charge in [0.1, 0.15) is 10.9 Å². The molecule has 0 aliphatic rings. The predicted molar refractivity (Wildman–Crippen MR) is 94.5 cm³/mol. The molecule has 1 unspecified atom stereocenters. The average molecular weight is 346 g/mol. The van der Waals surface area contributed by atoms with Crippen molar-refractivity contribution in [3.63, 3.8) is 0 Å². The molecule has 2 rings (SSSR count). The molecule has 0 aliphatic carbocycles. The second kappa shape index (κ2) is 8.59. The van der Waals surface area contributed by atoms with Crippen molar-refractivity contribution >= 4 is 23.2 Å². The molecule has 0 aliphatic heterocycles. The van der Waals surface area contributed by atoms with Crippen LogP contribution in [0.15, 0.2) is 30.3 Å². The number of amides is 1. The maximum atomic E-state index is 12.4. The third-order valence-corrected chi connectivity index (χ3v) is 4.85. The van der Waals surface area contributed by atoms with Crippen molar-refractivity contribution in [3.8, 4) is 0 Å². The third kappa shape index (κ3) is 4.89. The highest BCUT2D eigenvalue weighted by molar-refractivity contribution is 7.13. The minimum atomic E-state index is -0.997. The number of rotatable bonds is 8. The van der Waals surface area contributed by atoms with Crippen LogP contribution in [-0.4, -0.2) is 28.0 Å². The van der Waals surface area contributed by atoms with Gasteiger partial charge in [-0.15, -0.1) is 11.3 Å². The molecule has 5 nitrogen and oxygen atoms in total. The minimum Gasteiger partial charge on any atom is -0.480 e. The Morgan fingerprint density at radius 3 is 2.62 bits per heavy atom. The van der Waals surface area contributed by atoms with E-state index in [1.54, 1.807) is 6.92 Å². The Morgan fingerprint density at radius 2 is 2.00 bits per heavy atom. The molecule has 0 bridgehead atoms. The number of hydrogen-bond donors (Lipinski definition) is 2. The number of unbranched alkanes of at least 4 members (excludes halogenated alkanes) is 1. The first-order chi connectivity index (χ1) is 11.5. The number of carbonyl (C=O) groups is 2. The molecule has 0 spiro atoms. The summed E-state index contributed by atoms with van der Waals surface area (Å²) in [5.41, 5.74) is 1.77. The molecule has 0 saturated heterocycles. The van der Waals surface area contributed by atoms with Crippen molar-refractivity contribution in [2.75, 3.05) is 0 Å². The molecule has 1 atom stereocenters. The highest BCUT2D eigenvalue weighted by atomic mass is 32.1. The Balaban J connectivity index is 2.08. The summed E-state index contributed by atoms with van der Waals surface area (Å²) in [6.45, 7) is 3.77. The van der Waals surface area contributed by atoms with E-state index in [0.29, 0.717) is 23.4 Å². The lowest BCUT2D eigenvalue weighted by molar-refractivity contribution is -0.139. The molecule has 1 heterocycles. The summed E-state index contributed by atoms with van der Waals surface area (Å²) >= 11 is 1.32. The van der Waals surface area contributed by atoms with Crippen molar-refractivity contribution in [1.29, 1.82) is 0 Å². The smallest absolute Gasteiger partial charge is 0.326 e. The second-order valence-corrected chi connectivity index (χ2v) is 6.77. The summed E-state index contributed by atoms with van der Waals surface area (Å²) in [6, 6.07) is 9.07. The summed E-state index contributed by atoms with van der Waals surface area (Å²) in [5.74, 6) is -1.35. The first-order valence-corrected chi connectivity index (χ1v) is 8.86. The van der Waals surface area contributed by atoms with Gasteiger partial charge in [-0.2, -0.15) is 0 Å². The number of aromatic nitrogens is 1. The van der Waals surface area contributed by atoms with Crippen molar-refractivity contribution < 1.29 is 14.7 Å². The first kappa shape index (κ1) is 18.1. The standard InChI is InChI=1S/C18H22N2O3S/c1-3-4-10-14(18(22)23)20-17(21)16-12(2)19-15(24-16)11-13-8-6-5-7-9-13/h5-9,14H,3-4,10-11H2,1-2H3,(H,20,21)(H,22,23). The molecule has 1 amide bonds. The normalized spacial score (nSPS) is 11.9. The molecule has 6 heteroatoms. The number of carbonyl (C=O) groups excluding carboxylic acids is 1. The van der Waals surface area contributed by atoms with E-state index in [2.05, 4.69) is 10.3 Å².